The zero-order valence-electron chi connectivity index (χ0n) is 11.8. The third kappa shape index (κ3) is 4.92. The van der Waals surface area contributed by atoms with Crippen LogP contribution >= 0.6 is 0 Å². The minimum atomic E-state index is -0.283. The number of amides is 1. The Labute approximate surface area is 120 Å². The van der Waals surface area contributed by atoms with Crippen molar-refractivity contribution >= 4 is 5.91 Å². The molecular formula is C15H23N3O2. The van der Waals surface area contributed by atoms with E-state index in [1.807, 2.05) is 30.3 Å². The van der Waals surface area contributed by atoms with Crippen molar-refractivity contribution < 1.29 is 9.53 Å². The summed E-state index contributed by atoms with van der Waals surface area (Å²) in [6.45, 7) is 4.96. The minimum Gasteiger partial charge on any atom is -0.379 e. The van der Waals surface area contributed by atoms with Crippen molar-refractivity contribution in [3.8, 4) is 0 Å². The zero-order valence-corrected chi connectivity index (χ0v) is 11.8. The quantitative estimate of drug-likeness (QED) is 0.755. The second-order valence-corrected chi connectivity index (χ2v) is 5.06. The number of nitrogens with two attached hydrogens (primary N) is 1. The van der Waals surface area contributed by atoms with Gasteiger partial charge in [-0.3, -0.25) is 9.69 Å². The molecule has 1 unspecified atom stereocenters. The molecule has 3 N–H and O–H groups in total. The van der Waals surface area contributed by atoms with Gasteiger partial charge in [0.1, 0.15) is 0 Å². The molecule has 0 spiro atoms. The number of morpholine rings is 1. The van der Waals surface area contributed by atoms with Crippen molar-refractivity contribution in [2.24, 2.45) is 5.73 Å². The van der Waals surface area contributed by atoms with Crippen LogP contribution in [0.15, 0.2) is 30.3 Å². The number of primary amides is 1. The zero-order chi connectivity index (χ0) is 14.2. The molecule has 1 amide bonds. The fraction of sp³-hybridized carbons (Fsp3) is 0.533. The molecule has 2 rings (SSSR count). The summed E-state index contributed by atoms with van der Waals surface area (Å²) < 4.78 is 5.31. The predicted molar refractivity (Wildman–Crippen MR) is 78.1 cm³/mol. The van der Waals surface area contributed by atoms with Gasteiger partial charge in [0, 0.05) is 26.2 Å². The van der Waals surface area contributed by atoms with Crippen LogP contribution in [0.1, 0.15) is 12.0 Å². The van der Waals surface area contributed by atoms with Crippen molar-refractivity contribution in [1.82, 2.24) is 10.2 Å². The van der Waals surface area contributed by atoms with Crippen LogP contribution in [0.2, 0.25) is 0 Å². The molecule has 5 heteroatoms. The van der Waals surface area contributed by atoms with E-state index in [1.165, 1.54) is 0 Å². The van der Waals surface area contributed by atoms with Crippen LogP contribution in [-0.4, -0.2) is 49.7 Å². The van der Waals surface area contributed by atoms with E-state index in [4.69, 9.17) is 10.5 Å². The number of carbonyl (C=O) groups excluding carboxylic acids is 1. The van der Waals surface area contributed by atoms with Gasteiger partial charge in [-0.15, -0.1) is 0 Å². The Morgan fingerprint density at radius 2 is 2.00 bits per heavy atom. The molecule has 1 atom stereocenters. The molecule has 1 aliphatic heterocycles. The second-order valence-electron chi connectivity index (χ2n) is 5.06. The van der Waals surface area contributed by atoms with Crippen LogP contribution in [-0.2, 0) is 16.1 Å². The van der Waals surface area contributed by atoms with Gasteiger partial charge in [-0.05, 0) is 12.0 Å². The number of nitrogens with one attached hydrogen (secondary N) is 1. The maximum Gasteiger partial charge on any atom is 0.234 e. The first-order chi connectivity index (χ1) is 9.75. The molecule has 0 aliphatic carbocycles. The van der Waals surface area contributed by atoms with Crippen LogP contribution in [0.5, 0.6) is 0 Å². The molecule has 0 saturated carbocycles. The highest BCUT2D eigenvalue weighted by Gasteiger charge is 2.17. The largest absolute Gasteiger partial charge is 0.379 e. The number of carbonyl (C=O) groups is 1. The normalized spacial score (nSPS) is 17.8. The summed E-state index contributed by atoms with van der Waals surface area (Å²) >= 11 is 0. The molecule has 5 nitrogen and oxygen atoms in total. The first-order valence-electron chi connectivity index (χ1n) is 7.12. The van der Waals surface area contributed by atoms with Gasteiger partial charge >= 0.3 is 0 Å². The van der Waals surface area contributed by atoms with Crippen LogP contribution in [0.25, 0.3) is 0 Å². The first-order valence-corrected chi connectivity index (χ1v) is 7.12. The van der Waals surface area contributed by atoms with Crippen molar-refractivity contribution in [3.05, 3.63) is 35.9 Å². The van der Waals surface area contributed by atoms with Crippen molar-refractivity contribution in [3.63, 3.8) is 0 Å². The highest BCUT2D eigenvalue weighted by molar-refractivity contribution is 5.79. The average Bonchev–Trinajstić information content (AvgIpc) is 2.49. The average molecular weight is 277 g/mol. The van der Waals surface area contributed by atoms with E-state index in [0.717, 1.165) is 44.8 Å². The third-order valence-electron chi connectivity index (χ3n) is 3.58. The smallest absolute Gasteiger partial charge is 0.234 e. The lowest BCUT2D eigenvalue weighted by molar-refractivity contribution is -0.120. The highest BCUT2D eigenvalue weighted by Crippen LogP contribution is 2.03. The van der Waals surface area contributed by atoms with E-state index < -0.39 is 0 Å². The van der Waals surface area contributed by atoms with Crippen LogP contribution in [0.3, 0.4) is 0 Å². The van der Waals surface area contributed by atoms with Gasteiger partial charge in [0.15, 0.2) is 0 Å². The fourth-order valence-electron chi connectivity index (χ4n) is 2.32. The summed E-state index contributed by atoms with van der Waals surface area (Å²) in [5.74, 6) is -0.283. The standard InChI is InChI=1S/C15H23N3O2/c16-15(19)14(6-7-18-8-10-20-11-9-18)17-12-13-4-2-1-3-5-13/h1-5,14,17H,6-12H2,(H2,16,19). The van der Waals surface area contributed by atoms with Crippen LogP contribution in [0, 0.1) is 0 Å². The van der Waals surface area contributed by atoms with E-state index in [-0.39, 0.29) is 11.9 Å². The van der Waals surface area contributed by atoms with Gasteiger partial charge in [0.25, 0.3) is 0 Å². The van der Waals surface area contributed by atoms with Gasteiger partial charge in [-0.25, -0.2) is 0 Å². The van der Waals surface area contributed by atoms with Crippen LogP contribution in [0.4, 0.5) is 0 Å². The van der Waals surface area contributed by atoms with Gasteiger partial charge in [0.2, 0.25) is 5.91 Å². The van der Waals surface area contributed by atoms with Crippen molar-refractivity contribution in [2.75, 3.05) is 32.8 Å². The highest BCUT2D eigenvalue weighted by atomic mass is 16.5. The number of hydrogen-bond acceptors (Lipinski definition) is 4. The fourth-order valence-corrected chi connectivity index (χ4v) is 2.32. The van der Waals surface area contributed by atoms with Crippen molar-refractivity contribution in [2.45, 2.75) is 19.0 Å². The summed E-state index contributed by atoms with van der Waals surface area (Å²) in [5.41, 5.74) is 6.63. The van der Waals surface area contributed by atoms with E-state index in [0.29, 0.717) is 6.54 Å². The topological polar surface area (TPSA) is 67.6 Å². The van der Waals surface area contributed by atoms with E-state index in [9.17, 15) is 4.79 Å². The lowest BCUT2D eigenvalue weighted by Gasteiger charge is -2.28. The second kappa shape index (κ2) is 7.99. The molecule has 110 valence electrons. The van der Waals surface area contributed by atoms with E-state index in [1.54, 1.807) is 0 Å². The molecule has 1 heterocycles. The lowest BCUT2D eigenvalue weighted by Crippen LogP contribution is -2.45. The number of rotatable bonds is 7. The molecule has 1 saturated heterocycles. The molecule has 1 aromatic carbocycles. The Kier molecular flexibility index (Phi) is 5.98. The lowest BCUT2D eigenvalue weighted by atomic mass is 10.1. The SMILES string of the molecule is NC(=O)C(CCN1CCOCC1)NCc1ccccc1. The van der Waals surface area contributed by atoms with Gasteiger partial charge in [0.05, 0.1) is 19.3 Å². The predicted octanol–water partition coefficient (Wildman–Crippen LogP) is 0.352. The Balaban J connectivity index is 1.76. The number of benzene rings is 1. The number of nitrogens with zero attached hydrogens (tertiary/aromatic N) is 1. The maximum absolute atomic E-state index is 11.5. The molecule has 0 bridgehead atoms. The molecule has 1 aromatic rings. The van der Waals surface area contributed by atoms with Gasteiger partial charge in [-0.1, -0.05) is 30.3 Å². The monoisotopic (exact) mass is 277 g/mol. The van der Waals surface area contributed by atoms with Crippen molar-refractivity contribution in [1.29, 1.82) is 0 Å². The Morgan fingerprint density at radius 3 is 2.65 bits per heavy atom. The molecular weight excluding hydrogens is 254 g/mol. The van der Waals surface area contributed by atoms with E-state index >= 15 is 0 Å². The van der Waals surface area contributed by atoms with E-state index in [2.05, 4.69) is 10.2 Å². The summed E-state index contributed by atoms with van der Waals surface area (Å²) in [4.78, 5) is 13.8. The summed E-state index contributed by atoms with van der Waals surface area (Å²) in [6, 6.07) is 9.75. The van der Waals surface area contributed by atoms with Gasteiger partial charge in [-0.2, -0.15) is 0 Å². The van der Waals surface area contributed by atoms with Gasteiger partial charge < -0.3 is 15.8 Å². The Hall–Kier alpha value is -1.43. The Bertz CT molecular complexity index is 405. The summed E-state index contributed by atoms with van der Waals surface area (Å²) in [7, 11) is 0. The first kappa shape index (κ1) is 15.0. The molecule has 0 aromatic heterocycles. The molecule has 1 aliphatic rings. The molecule has 1 fully saturated rings. The minimum absolute atomic E-state index is 0.280. The third-order valence-corrected chi connectivity index (χ3v) is 3.58. The Morgan fingerprint density at radius 1 is 1.30 bits per heavy atom. The van der Waals surface area contributed by atoms with Crippen LogP contribution < -0.4 is 11.1 Å². The molecule has 0 radical (unpaired) electrons. The number of hydrogen-bond donors (Lipinski definition) is 2. The summed E-state index contributed by atoms with van der Waals surface area (Å²) in [6.07, 6.45) is 0.738. The maximum atomic E-state index is 11.5. The number of ether oxygens (including phenoxy) is 1. The molecule has 20 heavy (non-hydrogen) atoms. The summed E-state index contributed by atoms with van der Waals surface area (Å²) in [5, 5.41) is 3.24.